The maximum absolute atomic E-state index is 12.5. The van der Waals surface area contributed by atoms with Crippen molar-refractivity contribution in [2.75, 3.05) is 33.3 Å². The fraction of sp³-hybridized carbons (Fsp3) is 0.417. The van der Waals surface area contributed by atoms with Crippen molar-refractivity contribution in [2.24, 2.45) is 5.92 Å². The Morgan fingerprint density at radius 1 is 1.16 bits per heavy atom. The van der Waals surface area contributed by atoms with E-state index in [1.807, 2.05) is 45.7 Å². The monoisotopic (exact) mass is 420 g/mol. The smallest absolute Gasteiger partial charge is 0.250 e. The average Bonchev–Trinajstić information content (AvgIpc) is 3.16. The van der Waals surface area contributed by atoms with Gasteiger partial charge in [-0.15, -0.1) is 0 Å². The molecule has 0 saturated carbocycles. The molecule has 1 fully saturated rings. The lowest BCUT2D eigenvalue weighted by Gasteiger charge is -2.42. The van der Waals surface area contributed by atoms with Gasteiger partial charge in [-0.25, -0.2) is 0 Å². The molecule has 2 bridgehead atoms. The summed E-state index contributed by atoms with van der Waals surface area (Å²) in [6, 6.07) is 13.5. The van der Waals surface area contributed by atoms with Gasteiger partial charge in [0, 0.05) is 67.5 Å². The van der Waals surface area contributed by atoms with Gasteiger partial charge >= 0.3 is 0 Å². The summed E-state index contributed by atoms with van der Waals surface area (Å²) in [4.78, 5) is 27.1. The number of amides is 1. The molecule has 1 amide bonds. The van der Waals surface area contributed by atoms with Crippen LogP contribution < -0.4 is 15.6 Å². The summed E-state index contributed by atoms with van der Waals surface area (Å²) >= 11 is 0. The molecule has 7 heteroatoms. The highest BCUT2D eigenvalue weighted by Crippen LogP contribution is 2.34. The van der Waals surface area contributed by atoms with Crippen molar-refractivity contribution in [3.8, 4) is 5.75 Å². The predicted octanol–water partition coefficient (Wildman–Crippen LogP) is 2.05. The number of nitrogens with one attached hydrogen (secondary N) is 1. The number of fused-ring (bicyclic) bond motifs is 5. The third-order valence-corrected chi connectivity index (χ3v) is 6.60. The van der Waals surface area contributed by atoms with Crippen LogP contribution in [0.25, 0.3) is 10.9 Å². The summed E-state index contributed by atoms with van der Waals surface area (Å²) < 4.78 is 9.18. The van der Waals surface area contributed by atoms with Crippen molar-refractivity contribution in [3.63, 3.8) is 0 Å². The molecule has 0 radical (unpaired) electrons. The Morgan fingerprint density at radius 2 is 2.06 bits per heavy atom. The van der Waals surface area contributed by atoms with Crippen LogP contribution in [0, 0.1) is 5.92 Å². The van der Waals surface area contributed by atoms with Gasteiger partial charge in [0.25, 0.3) is 5.56 Å². The van der Waals surface area contributed by atoms with Gasteiger partial charge in [-0.3, -0.25) is 9.59 Å². The minimum atomic E-state index is 0.0161. The molecule has 1 N–H and O–H groups in total. The van der Waals surface area contributed by atoms with E-state index in [0.29, 0.717) is 24.9 Å². The van der Waals surface area contributed by atoms with Gasteiger partial charge in [-0.2, -0.15) is 0 Å². The molecular weight excluding hydrogens is 392 g/mol. The average molecular weight is 421 g/mol. The van der Waals surface area contributed by atoms with Crippen LogP contribution in [0.2, 0.25) is 0 Å². The number of benzene rings is 1. The lowest BCUT2D eigenvalue weighted by atomic mass is 9.83. The van der Waals surface area contributed by atoms with E-state index in [4.69, 9.17) is 4.74 Å². The molecule has 0 spiro atoms. The first-order valence-corrected chi connectivity index (χ1v) is 10.9. The first kappa shape index (κ1) is 19.9. The summed E-state index contributed by atoms with van der Waals surface area (Å²) in [6.45, 7) is 4.50. The Hall–Kier alpha value is -3.06. The Balaban J connectivity index is 1.15. The molecule has 4 heterocycles. The first-order chi connectivity index (χ1) is 15.1. The minimum absolute atomic E-state index is 0.0161. The van der Waals surface area contributed by atoms with E-state index in [-0.39, 0.29) is 11.5 Å². The molecule has 3 aromatic rings. The summed E-state index contributed by atoms with van der Waals surface area (Å²) in [5.74, 6) is 1.74. The van der Waals surface area contributed by atoms with Crippen LogP contribution in [0.1, 0.15) is 18.0 Å². The number of hydrogen-bond donors (Lipinski definition) is 1. The molecular formula is C24H28N4O3. The Labute approximate surface area is 181 Å². The number of nitrogens with zero attached hydrogens (tertiary/aromatic N) is 3. The number of hydrogen-bond acceptors (Lipinski definition) is 4. The first-order valence-electron chi connectivity index (χ1n) is 10.9. The fourth-order valence-electron chi connectivity index (χ4n) is 5.19. The predicted molar refractivity (Wildman–Crippen MR) is 119 cm³/mol. The zero-order valence-corrected chi connectivity index (χ0v) is 17.8. The van der Waals surface area contributed by atoms with Crippen molar-refractivity contribution in [1.29, 1.82) is 0 Å². The van der Waals surface area contributed by atoms with Gasteiger partial charge in [0.05, 0.1) is 7.11 Å². The summed E-state index contributed by atoms with van der Waals surface area (Å²) in [5, 5.41) is 4.13. The maximum atomic E-state index is 12.5. The highest BCUT2D eigenvalue weighted by molar-refractivity contribution is 5.84. The number of carbonyl (C=O) groups excluding carboxylic acids is 1. The molecule has 31 heavy (non-hydrogen) atoms. The fourth-order valence-corrected chi connectivity index (χ4v) is 5.19. The van der Waals surface area contributed by atoms with Crippen LogP contribution in [0.4, 0.5) is 0 Å². The molecule has 1 saturated heterocycles. The minimum Gasteiger partial charge on any atom is -0.497 e. The molecule has 2 aliphatic heterocycles. The van der Waals surface area contributed by atoms with E-state index in [1.54, 1.807) is 13.2 Å². The van der Waals surface area contributed by atoms with Crippen LogP contribution in [0.5, 0.6) is 5.75 Å². The number of piperidine rings is 1. The number of rotatable bonds is 6. The number of aromatic nitrogens is 2. The third-order valence-electron chi connectivity index (χ3n) is 6.60. The second-order valence-corrected chi connectivity index (χ2v) is 8.68. The van der Waals surface area contributed by atoms with Crippen LogP contribution in [-0.2, 0) is 17.9 Å². The second-order valence-electron chi connectivity index (χ2n) is 8.68. The van der Waals surface area contributed by atoms with E-state index in [9.17, 15) is 9.59 Å². The number of ether oxygens (including phenoxy) is 1. The molecule has 0 unspecified atom stereocenters. The topological polar surface area (TPSA) is 68.5 Å². The highest BCUT2D eigenvalue weighted by atomic mass is 16.5. The zero-order chi connectivity index (χ0) is 21.4. The Morgan fingerprint density at radius 3 is 2.94 bits per heavy atom. The van der Waals surface area contributed by atoms with E-state index >= 15 is 0 Å². The van der Waals surface area contributed by atoms with Crippen molar-refractivity contribution in [2.45, 2.75) is 25.4 Å². The van der Waals surface area contributed by atoms with Crippen molar-refractivity contribution < 1.29 is 9.53 Å². The number of methoxy groups -OCH3 is 1. The molecule has 7 nitrogen and oxygen atoms in total. The van der Waals surface area contributed by atoms with E-state index < -0.39 is 0 Å². The number of pyridine rings is 1. The SMILES string of the molecule is COc1ccc2c(ccn2CC(=O)NCCN2C[C@H]3C[C@@H](C2)c2cccc(=O)n2C3)c1. The molecule has 2 aliphatic rings. The highest BCUT2D eigenvalue weighted by Gasteiger charge is 2.34. The van der Waals surface area contributed by atoms with Crippen LogP contribution in [0.15, 0.2) is 53.5 Å². The van der Waals surface area contributed by atoms with E-state index in [2.05, 4.69) is 16.3 Å². The number of likely N-dealkylation sites (tertiary alicyclic amines) is 1. The van der Waals surface area contributed by atoms with E-state index in [1.165, 1.54) is 0 Å². The van der Waals surface area contributed by atoms with Gasteiger partial charge in [-0.05, 0) is 42.7 Å². The van der Waals surface area contributed by atoms with Gasteiger partial charge in [0.1, 0.15) is 12.3 Å². The standard InChI is InChI=1S/C24H28N4O3/c1-31-20-5-6-21-18(12-20)7-9-27(21)16-23(29)25-8-10-26-13-17-11-19(15-26)22-3-2-4-24(30)28(22)14-17/h2-7,9,12,17,19H,8,10-11,13-16H2,1H3,(H,25,29)/t17-,19+/m1/s1. The van der Waals surface area contributed by atoms with Gasteiger partial charge in [0.15, 0.2) is 0 Å². The molecule has 0 aliphatic carbocycles. The van der Waals surface area contributed by atoms with Gasteiger partial charge in [-0.1, -0.05) is 6.07 Å². The van der Waals surface area contributed by atoms with Gasteiger partial charge in [0.2, 0.25) is 5.91 Å². The van der Waals surface area contributed by atoms with Crippen molar-refractivity contribution in [1.82, 2.24) is 19.4 Å². The number of carbonyl (C=O) groups is 1. The largest absolute Gasteiger partial charge is 0.497 e. The summed E-state index contributed by atoms with van der Waals surface area (Å²) in [6.07, 6.45) is 3.09. The molecule has 162 valence electrons. The Bertz CT molecular complexity index is 1170. The summed E-state index contributed by atoms with van der Waals surface area (Å²) in [5.41, 5.74) is 2.30. The normalized spacial score (nSPS) is 20.4. The van der Waals surface area contributed by atoms with E-state index in [0.717, 1.165) is 54.9 Å². The molecule has 5 rings (SSSR count). The molecule has 2 atom stereocenters. The quantitative estimate of drug-likeness (QED) is 0.663. The van der Waals surface area contributed by atoms with Crippen LogP contribution in [-0.4, -0.2) is 53.2 Å². The lowest BCUT2D eigenvalue weighted by Crippen LogP contribution is -2.48. The van der Waals surface area contributed by atoms with Crippen LogP contribution >= 0.6 is 0 Å². The third kappa shape index (κ3) is 3.97. The van der Waals surface area contributed by atoms with Crippen LogP contribution in [0.3, 0.4) is 0 Å². The summed E-state index contributed by atoms with van der Waals surface area (Å²) in [7, 11) is 1.65. The van der Waals surface area contributed by atoms with Gasteiger partial charge < -0.3 is 24.1 Å². The Kier molecular flexibility index (Phi) is 5.28. The van der Waals surface area contributed by atoms with Crippen molar-refractivity contribution >= 4 is 16.8 Å². The zero-order valence-electron chi connectivity index (χ0n) is 17.8. The molecule has 2 aromatic heterocycles. The second kappa shape index (κ2) is 8.23. The maximum Gasteiger partial charge on any atom is 0.250 e. The van der Waals surface area contributed by atoms with Crippen molar-refractivity contribution in [3.05, 3.63) is 64.7 Å². The lowest BCUT2D eigenvalue weighted by molar-refractivity contribution is -0.121. The molecule has 1 aromatic carbocycles.